The molecule has 5 rings (SSSR count). The lowest BCUT2D eigenvalue weighted by molar-refractivity contribution is -0.127. The molecule has 9 nitrogen and oxygen atoms in total. The van der Waals surface area contributed by atoms with E-state index in [1.165, 1.54) is 11.6 Å². The van der Waals surface area contributed by atoms with Gasteiger partial charge in [0, 0.05) is 57.0 Å². The number of aliphatic hydroxyl groups is 1. The van der Waals surface area contributed by atoms with Crippen molar-refractivity contribution in [3.63, 3.8) is 0 Å². The van der Waals surface area contributed by atoms with Gasteiger partial charge in [-0.25, -0.2) is 8.42 Å². The van der Waals surface area contributed by atoms with Crippen LogP contribution in [0.25, 0.3) is 0 Å². The number of piperidine rings is 1. The van der Waals surface area contributed by atoms with Crippen molar-refractivity contribution in [3.05, 3.63) is 54.4 Å². The van der Waals surface area contributed by atoms with Crippen LogP contribution in [0.5, 0.6) is 5.75 Å². The van der Waals surface area contributed by atoms with Crippen molar-refractivity contribution in [3.8, 4) is 5.75 Å². The monoisotopic (exact) mass is 486 g/mol. The summed E-state index contributed by atoms with van der Waals surface area (Å²) in [5.74, 6) is -0.0654. The van der Waals surface area contributed by atoms with E-state index in [0.717, 1.165) is 36.8 Å². The van der Waals surface area contributed by atoms with E-state index in [1.54, 1.807) is 30.6 Å². The maximum absolute atomic E-state index is 13.5. The number of nitrogens with zero attached hydrogens (tertiary/aromatic N) is 3. The van der Waals surface area contributed by atoms with Gasteiger partial charge >= 0.3 is 0 Å². The van der Waals surface area contributed by atoms with Crippen molar-refractivity contribution in [2.45, 2.75) is 54.8 Å². The van der Waals surface area contributed by atoms with Crippen LogP contribution in [-0.4, -0.2) is 77.5 Å². The Morgan fingerprint density at radius 2 is 1.85 bits per heavy atom. The highest BCUT2D eigenvalue weighted by Crippen LogP contribution is 2.35. The summed E-state index contributed by atoms with van der Waals surface area (Å²) in [5, 5.41) is 13.5. The van der Waals surface area contributed by atoms with Crippen LogP contribution < -0.4 is 10.1 Å². The molecule has 0 radical (unpaired) electrons. The molecule has 0 saturated carbocycles. The molecule has 2 fully saturated rings. The van der Waals surface area contributed by atoms with Gasteiger partial charge in [-0.3, -0.25) is 14.7 Å². The smallest absolute Gasteiger partial charge is 0.247 e. The minimum absolute atomic E-state index is 0.0324. The Labute approximate surface area is 199 Å². The summed E-state index contributed by atoms with van der Waals surface area (Å²) in [6, 6.07) is 9.58. The molecule has 2 aromatic rings. The molecule has 0 bridgehead atoms. The van der Waals surface area contributed by atoms with Gasteiger partial charge in [-0.15, -0.1) is 0 Å². The van der Waals surface area contributed by atoms with E-state index >= 15 is 0 Å². The van der Waals surface area contributed by atoms with Gasteiger partial charge in [0.05, 0.1) is 12.7 Å². The second kappa shape index (κ2) is 9.26. The number of pyridine rings is 1. The first-order valence-corrected chi connectivity index (χ1v) is 13.2. The van der Waals surface area contributed by atoms with Crippen LogP contribution in [0.15, 0.2) is 53.7 Å². The Morgan fingerprint density at radius 1 is 1.12 bits per heavy atom. The molecule has 1 spiro atoms. The van der Waals surface area contributed by atoms with Crippen molar-refractivity contribution >= 4 is 15.9 Å². The molecule has 3 aliphatic rings. The molecule has 0 aliphatic carbocycles. The molecule has 1 aromatic heterocycles. The third-order valence-corrected chi connectivity index (χ3v) is 9.08. The van der Waals surface area contributed by atoms with Gasteiger partial charge in [0.2, 0.25) is 15.9 Å². The standard InChI is InChI=1S/C24H30N4O5S/c29-19-15-20-23(30)26-24(7-12-27(13-8-24)16-18-5-10-25-11-6-18)9-14-33-21-3-1-2-4-22(21)34(31,32)28(20)17-19/h1-6,10-11,19-20,29H,7-9,12-17H2,(H,26,30)/t19-,20+/m1/s1. The van der Waals surface area contributed by atoms with Gasteiger partial charge in [-0.2, -0.15) is 4.31 Å². The molecule has 1 aromatic carbocycles. The number of hydrogen-bond acceptors (Lipinski definition) is 7. The molecule has 4 heterocycles. The van der Waals surface area contributed by atoms with Crippen molar-refractivity contribution < 1.29 is 23.1 Å². The third-order valence-electron chi connectivity index (χ3n) is 7.17. The Hall–Kier alpha value is -2.53. The van der Waals surface area contributed by atoms with E-state index in [4.69, 9.17) is 4.74 Å². The van der Waals surface area contributed by atoms with Crippen LogP contribution in [0.3, 0.4) is 0 Å². The number of rotatable bonds is 2. The highest BCUT2D eigenvalue weighted by atomic mass is 32.2. The normalized spacial score (nSPS) is 27.1. The summed E-state index contributed by atoms with van der Waals surface area (Å²) in [7, 11) is -4.01. The first-order chi connectivity index (χ1) is 16.4. The van der Waals surface area contributed by atoms with Crippen LogP contribution in [0.2, 0.25) is 0 Å². The van der Waals surface area contributed by atoms with E-state index in [9.17, 15) is 18.3 Å². The van der Waals surface area contributed by atoms with E-state index in [2.05, 4.69) is 15.2 Å². The minimum Gasteiger partial charge on any atom is -0.492 e. The average Bonchev–Trinajstić information content (AvgIpc) is 3.24. The Balaban J connectivity index is 1.40. The number of amides is 1. The summed E-state index contributed by atoms with van der Waals surface area (Å²) in [4.78, 5) is 19.9. The van der Waals surface area contributed by atoms with Crippen molar-refractivity contribution in [1.29, 1.82) is 0 Å². The summed E-state index contributed by atoms with van der Waals surface area (Å²) < 4.78 is 34.0. The molecule has 2 atom stereocenters. The quantitative estimate of drug-likeness (QED) is 0.655. The molecular formula is C24H30N4O5S. The molecule has 10 heteroatoms. The van der Waals surface area contributed by atoms with Gasteiger partial charge in [0.1, 0.15) is 16.7 Å². The lowest BCUT2D eigenvalue weighted by Crippen LogP contribution is -2.59. The summed E-state index contributed by atoms with van der Waals surface area (Å²) in [6.07, 6.45) is 4.81. The van der Waals surface area contributed by atoms with Gasteiger partial charge in [-0.05, 0) is 42.7 Å². The van der Waals surface area contributed by atoms with E-state index in [-0.39, 0.29) is 29.5 Å². The van der Waals surface area contributed by atoms with E-state index in [0.29, 0.717) is 13.0 Å². The lowest BCUT2D eigenvalue weighted by atomic mass is 9.84. The SMILES string of the molecule is O=C1NC2(CCOc3ccccc3S(=O)(=O)N3C[C@H](O)C[C@@H]13)CCN(Cc1ccncc1)CC2. The van der Waals surface area contributed by atoms with Crippen LogP contribution in [0, 0.1) is 0 Å². The predicted octanol–water partition coefficient (Wildman–Crippen LogP) is 1.14. The van der Waals surface area contributed by atoms with Gasteiger partial charge < -0.3 is 15.2 Å². The second-order valence-corrected chi connectivity index (χ2v) is 11.3. The van der Waals surface area contributed by atoms with Crippen LogP contribution >= 0.6 is 0 Å². The fourth-order valence-corrected chi connectivity index (χ4v) is 6.99. The highest BCUT2D eigenvalue weighted by molar-refractivity contribution is 7.89. The van der Waals surface area contributed by atoms with Crippen LogP contribution in [0.4, 0.5) is 0 Å². The number of para-hydroxylation sites is 1. The number of fused-ring (bicyclic) bond motifs is 2. The number of hydrogen-bond donors (Lipinski definition) is 2. The molecule has 0 unspecified atom stereocenters. The van der Waals surface area contributed by atoms with Crippen molar-refractivity contribution in [1.82, 2.24) is 19.5 Å². The number of benzene rings is 1. The molecule has 2 N–H and O–H groups in total. The number of aromatic nitrogens is 1. The molecule has 182 valence electrons. The third kappa shape index (κ3) is 4.55. The zero-order valence-electron chi connectivity index (χ0n) is 19.0. The maximum Gasteiger partial charge on any atom is 0.247 e. The number of carbonyl (C=O) groups excluding carboxylic acids is 1. The van der Waals surface area contributed by atoms with Crippen LogP contribution in [0.1, 0.15) is 31.2 Å². The minimum atomic E-state index is -4.01. The van der Waals surface area contributed by atoms with Crippen LogP contribution in [-0.2, 0) is 21.4 Å². The number of nitrogens with one attached hydrogen (secondary N) is 1. The topological polar surface area (TPSA) is 112 Å². The Kier molecular flexibility index (Phi) is 6.32. The molecule has 2 saturated heterocycles. The number of ether oxygens (including phenoxy) is 1. The zero-order valence-corrected chi connectivity index (χ0v) is 19.8. The molecule has 1 amide bonds. The van der Waals surface area contributed by atoms with Gasteiger partial charge in [-0.1, -0.05) is 12.1 Å². The first kappa shape index (κ1) is 23.2. The van der Waals surface area contributed by atoms with Gasteiger partial charge in [0.15, 0.2) is 0 Å². The lowest BCUT2D eigenvalue weighted by Gasteiger charge is -2.43. The average molecular weight is 487 g/mol. The number of carbonyl (C=O) groups is 1. The van der Waals surface area contributed by atoms with Crippen molar-refractivity contribution in [2.75, 3.05) is 26.2 Å². The first-order valence-electron chi connectivity index (χ1n) is 11.7. The van der Waals surface area contributed by atoms with E-state index in [1.807, 2.05) is 12.1 Å². The summed E-state index contributed by atoms with van der Waals surface area (Å²) >= 11 is 0. The fourth-order valence-electron chi connectivity index (χ4n) is 5.22. The summed E-state index contributed by atoms with van der Waals surface area (Å²) in [6.45, 7) is 2.60. The fraction of sp³-hybridized carbons (Fsp3) is 0.500. The number of sulfonamides is 1. The van der Waals surface area contributed by atoms with E-state index < -0.39 is 27.7 Å². The highest BCUT2D eigenvalue weighted by Gasteiger charge is 2.47. The molecule has 3 aliphatic heterocycles. The zero-order chi connectivity index (χ0) is 23.8. The van der Waals surface area contributed by atoms with Gasteiger partial charge in [0.25, 0.3) is 0 Å². The Bertz CT molecular complexity index is 1140. The summed E-state index contributed by atoms with van der Waals surface area (Å²) in [5.41, 5.74) is 0.701. The number of likely N-dealkylation sites (tertiary alicyclic amines) is 1. The number of aliphatic hydroxyl groups excluding tert-OH is 1. The largest absolute Gasteiger partial charge is 0.492 e. The Morgan fingerprint density at radius 3 is 2.62 bits per heavy atom. The molecular weight excluding hydrogens is 456 g/mol. The molecule has 34 heavy (non-hydrogen) atoms. The van der Waals surface area contributed by atoms with Crippen molar-refractivity contribution in [2.24, 2.45) is 0 Å². The predicted molar refractivity (Wildman–Crippen MR) is 124 cm³/mol. The second-order valence-electron chi connectivity index (χ2n) is 9.43. The maximum atomic E-state index is 13.5.